The largest absolute Gasteiger partial charge is 0.465 e. The Balaban J connectivity index is 2.62. The number of nitrogens with two attached hydrogens (primary N) is 2. The molecular weight excluding hydrogens is 222 g/mol. The summed E-state index contributed by atoms with van der Waals surface area (Å²) in [4.78, 5) is 21.6. The first kappa shape index (κ1) is 13.1. The number of nitrogens with one attached hydrogen (secondary N) is 1. The van der Waals surface area contributed by atoms with Gasteiger partial charge in [0.1, 0.15) is 0 Å². The van der Waals surface area contributed by atoms with Gasteiger partial charge in [-0.3, -0.25) is 10.1 Å². The van der Waals surface area contributed by atoms with Gasteiger partial charge in [-0.2, -0.15) is 0 Å². The van der Waals surface area contributed by atoms with Crippen LogP contribution in [0.15, 0.2) is 24.3 Å². The third-order valence-corrected chi connectivity index (χ3v) is 2.28. The van der Waals surface area contributed by atoms with Gasteiger partial charge in [0, 0.05) is 5.69 Å². The standard InChI is InChI=1S/C11H15N3O3/c12-6-10(15)9(13)5-7-1-3-8(4-2-7)14-11(16)17/h1-4,9,14H,5-6,12-13H2,(H,16,17)/t9-/m0/s1. The third kappa shape index (κ3) is 4.21. The number of benzene rings is 1. The summed E-state index contributed by atoms with van der Waals surface area (Å²) in [6.45, 7) is -0.0696. The van der Waals surface area contributed by atoms with E-state index >= 15 is 0 Å². The number of hydrogen-bond acceptors (Lipinski definition) is 4. The number of ketones is 1. The molecule has 1 aromatic carbocycles. The number of amides is 1. The van der Waals surface area contributed by atoms with E-state index in [1.165, 1.54) is 0 Å². The molecule has 6 N–H and O–H groups in total. The van der Waals surface area contributed by atoms with E-state index < -0.39 is 12.1 Å². The van der Waals surface area contributed by atoms with Gasteiger partial charge in [-0.1, -0.05) is 12.1 Å². The van der Waals surface area contributed by atoms with Crippen molar-refractivity contribution >= 4 is 17.6 Å². The SMILES string of the molecule is NCC(=O)[C@@H](N)Cc1ccc(NC(=O)O)cc1. The topological polar surface area (TPSA) is 118 Å². The lowest BCUT2D eigenvalue weighted by atomic mass is 10.0. The molecule has 0 aromatic heterocycles. The lowest BCUT2D eigenvalue weighted by Crippen LogP contribution is -2.37. The molecule has 1 atom stereocenters. The molecule has 17 heavy (non-hydrogen) atoms. The van der Waals surface area contributed by atoms with Crippen molar-refractivity contribution < 1.29 is 14.7 Å². The molecule has 92 valence electrons. The molecule has 0 saturated heterocycles. The second-order valence-corrected chi connectivity index (χ2v) is 3.61. The average molecular weight is 237 g/mol. The predicted molar refractivity (Wildman–Crippen MR) is 63.8 cm³/mol. The Bertz CT molecular complexity index is 403. The van der Waals surface area contributed by atoms with Gasteiger partial charge in [0.25, 0.3) is 0 Å². The normalized spacial score (nSPS) is 11.9. The van der Waals surface area contributed by atoms with Crippen LogP contribution < -0.4 is 16.8 Å². The zero-order valence-electron chi connectivity index (χ0n) is 9.22. The van der Waals surface area contributed by atoms with Crippen LogP contribution in [0.1, 0.15) is 5.56 Å². The van der Waals surface area contributed by atoms with Crippen LogP contribution in [0.3, 0.4) is 0 Å². The summed E-state index contributed by atoms with van der Waals surface area (Å²) in [6, 6.07) is 6.05. The number of carboxylic acid groups (broad SMARTS) is 1. The quantitative estimate of drug-likeness (QED) is 0.582. The highest BCUT2D eigenvalue weighted by Crippen LogP contribution is 2.10. The van der Waals surface area contributed by atoms with Crippen LogP contribution in [-0.4, -0.2) is 29.6 Å². The summed E-state index contributed by atoms with van der Waals surface area (Å²) in [5.41, 5.74) is 12.2. The molecule has 0 aliphatic rings. The fourth-order valence-electron chi connectivity index (χ4n) is 1.37. The molecule has 0 aliphatic heterocycles. The number of carbonyl (C=O) groups excluding carboxylic acids is 1. The second kappa shape index (κ2) is 5.97. The van der Waals surface area contributed by atoms with E-state index in [9.17, 15) is 9.59 Å². The van der Waals surface area contributed by atoms with Crippen molar-refractivity contribution in [3.05, 3.63) is 29.8 Å². The molecule has 0 aliphatic carbocycles. The maximum absolute atomic E-state index is 11.2. The van der Waals surface area contributed by atoms with E-state index in [0.29, 0.717) is 12.1 Å². The number of hydrogen-bond donors (Lipinski definition) is 4. The van der Waals surface area contributed by atoms with Gasteiger partial charge < -0.3 is 16.6 Å². The highest BCUT2D eigenvalue weighted by molar-refractivity contribution is 5.85. The third-order valence-electron chi connectivity index (χ3n) is 2.28. The number of Topliss-reactive ketones (excluding diaryl/α,β-unsaturated/α-hetero) is 1. The molecule has 1 amide bonds. The van der Waals surface area contributed by atoms with Crippen LogP contribution in [0.25, 0.3) is 0 Å². The van der Waals surface area contributed by atoms with Crippen LogP contribution in [-0.2, 0) is 11.2 Å². The van der Waals surface area contributed by atoms with Gasteiger partial charge in [-0.15, -0.1) is 0 Å². The monoisotopic (exact) mass is 237 g/mol. The molecule has 0 heterocycles. The first-order valence-electron chi connectivity index (χ1n) is 5.10. The minimum absolute atomic E-state index is 0.0696. The van der Waals surface area contributed by atoms with E-state index in [4.69, 9.17) is 16.6 Å². The second-order valence-electron chi connectivity index (χ2n) is 3.61. The molecule has 1 aromatic rings. The van der Waals surface area contributed by atoms with Gasteiger partial charge in [0.15, 0.2) is 5.78 Å². The Morgan fingerprint density at radius 3 is 2.35 bits per heavy atom. The Morgan fingerprint density at radius 2 is 1.88 bits per heavy atom. The molecule has 0 fully saturated rings. The van der Waals surface area contributed by atoms with Crippen molar-refractivity contribution in [1.82, 2.24) is 0 Å². The van der Waals surface area contributed by atoms with Crippen LogP contribution in [0, 0.1) is 0 Å². The summed E-state index contributed by atoms with van der Waals surface area (Å²) in [5.74, 6) is -0.197. The van der Waals surface area contributed by atoms with Gasteiger partial charge in [-0.05, 0) is 24.1 Å². The minimum atomic E-state index is -1.12. The molecule has 1 rings (SSSR count). The van der Waals surface area contributed by atoms with Crippen molar-refractivity contribution in [2.45, 2.75) is 12.5 Å². The molecule has 0 saturated carbocycles. The fourth-order valence-corrected chi connectivity index (χ4v) is 1.37. The Hall–Kier alpha value is -1.92. The molecule has 0 unspecified atom stereocenters. The fraction of sp³-hybridized carbons (Fsp3) is 0.273. The molecular formula is C11H15N3O3. The smallest absolute Gasteiger partial charge is 0.409 e. The minimum Gasteiger partial charge on any atom is -0.465 e. The zero-order valence-corrected chi connectivity index (χ0v) is 9.22. The van der Waals surface area contributed by atoms with Crippen LogP contribution in [0.4, 0.5) is 10.5 Å². The van der Waals surface area contributed by atoms with Crippen LogP contribution in [0.2, 0.25) is 0 Å². The van der Waals surface area contributed by atoms with Gasteiger partial charge in [0.05, 0.1) is 12.6 Å². The van der Waals surface area contributed by atoms with Crippen LogP contribution in [0.5, 0.6) is 0 Å². The summed E-state index contributed by atoms with van der Waals surface area (Å²) < 4.78 is 0. The first-order valence-corrected chi connectivity index (χ1v) is 5.10. The van der Waals surface area contributed by atoms with E-state index in [1.54, 1.807) is 24.3 Å². The maximum Gasteiger partial charge on any atom is 0.409 e. The summed E-state index contributed by atoms with van der Waals surface area (Å²) in [5, 5.41) is 10.7. The van der Waals surface area contributed by atoms with E-state index in [2.05, 4.69) is 5.32 Å². The number of rotatable bonds is 5. The first-order chi connectivity index (χ1) is 8.02. The van der Waals surface area contributed by atoms with Crippen molar-refractivity contribution in [1.29, 1.82) is 0 Å². The Morgan fingerprint density at radius 1 is 1.29 bits per heavy atom. The van der Waals surface area contributed by atoms with Crippen molar-refractivity contribution in [3.8, 4) is 0 Å². The van der Waals surface area contributed by atoms with Crippen molar-refractivity contribution in [2.24, 2.45) is 11.5 Å². The van der Waals surface area contributed by atoms with Gasteiger partial charge in [0.2, 0.25) is 0 Å². The molecule has 0 bridgehead atoms. The van der Waals surface area contributed by atoms with Crippen molar-refractivity contribution in [3.63, 3.8) is 0 Å². The van der Waals surface area contributed by atoms with E-state index in [0.717, 1.165) is 5.56 Å². The van der Waals surface area contributed by atoms with Crippen LogP contribution >= 0.6 is 0 Å². The highest BCUT2D eigenvalue weighted by Gasteiger charge is 2.11. The molecule has 6 heteroatoms. The number of carbonyl (C=O) groups is 2. The summed E-state index contributed by atoms with van der Waals surface area (Å²) in [6.07, 6.45) is -0.726. The Labute approximate surface area is 98.6 Å². The zero-order chi connectivity index (χ0) is 12.8. The lowest BCUT2D eigenvalue weighted by Gasteiger charge is -2.09. The molecule has 6 nitrogen and oxygen atoms in total. The summed E-state index contributed by atoms with van der Waals surface area (Å²) in [7, 11) is 0. The van der Waals surface area contributed by atoms with E-state index in [-0.39, 0.29) is 12.3 Å². The van der Waals surface area contributed by atoms with Gasteiger partial charge >= 0.3 is 6.09 Å². The molecule has 0 radical (unpaired) electrons. The number of anilines is 1. The molecule has 0 spiro atoms. The average Bonchev–Trinajstić information content (AvgIpc) is 2.30. The predicted octanol–water partition coefficient (Wildman–Crippen LogP) is 0.174. The maximum atomic E-state index is 11.2. The summed E-state index contributed by atoms with van der Waals surface area (Å²) >= 11 is 0. The Kier molecular flexibility index (Phi) is 4.62. The van der Waals surface area contributed by atoms with E-state index in [1.807, 2.05) is 0 Å². The van der Waals surface area contributed by atoms with Crippen molar-refractivity contribution in [2.75, 3.05) is 11.9 Å². The van der Waals surface area contributed by atoms with Gasteiger partial charge in [-0.25, -0.2) is 4.79 Å². The highest BCUT2D eigenvalue weighted by atomic mass is 16.4. The lowest BCUT2D eigenvalue weighted by molar-refractivity contribution is -0.118.